The van der Waals surface area contributed by atoms with Gasteiger partial charge in [0.15, 0.2) is 5.43 Å². The maximum atomic E-state index is 11.9. The van der Waals surface area contributed by atoms with Crippen LogP contribution in [0.25, 0.3) is 43.8 Å². The van der Waals surface area contributed by atoms with E-state index in [1.807, 2.05) is 0 Å². The topological polar surface area (TPSA) is 93.4 Å². The average Bonchev–Trinajstić information content (AvgIpc) is 2.71. The maximum absolute atomic E-state index is 11.9. The highest BCUT2D eigenvalue weighted by Gasteiger charge is 2.17. The summed E-state index contributed by atoms with van der Waals surface area (Å²) in [4.78, 5) is 23.5. The standard InChI is InChI=1S/C24H14O5/c25-14-6-9-16-13(11-14)5-8-20-22(17-3-1-2-4-18(17)24(27)28)19-10-7-15(26)12-21(19)29-23(16)20/h1-12,26H,(H,27,28)/p-2. The average molecular weight is 380 g/mol. The molecule has 0 saturated carbocycles. The van der Waals surface area contributed by atoms with Gasteiger partial charge in [0.25, 0.3) is 0 Å². The number of hydrogen-bond donors (Lipinski definition) is 0. The van der Waals surface area contributed by atoms with Crippen LogP contribution in [0.4, 0.5) is 0 Å². The Morgan fingerprint density at radius 2 is 1.59 bits per heavy atom. The van der Waals surface area contributed by atoms with Crippen molar-refractivity contribution in [3.63, 3.8) is 0 Å². The molecule has 0 atom stereocenters. The Balaban J connectivity index is 2.04. The van der Waals surface area contributed by atoms with Gasteiger partial charge in [-0.25, -0.2) is 0 Å². The highest BCUT2D eigenvalue weighted by molar-refractivity contribution is 6.17. The molecular weight excluding hydrogens is 368 g/mol. The minimum Gasteiger partial charge on any atom is -0.872 e. The lowest BCUT2D eigenvalue weighted by molar-refractivity contribution is -0.268. The lowest BCUT2D eigenvalue weighted by Crippen LogP contribution is -2.23. The molecule has 0 N–H and O–H groups in total. The predicted octanol–water partition coefficient (Wildman–Crippen LogP) is 3.20. The van der Waals surface area contributed by atoms with Crippen molar-refractivity contribution in [1.82, 2.24) is 0 Å². The van der Waals surface area contributed by atoms with Crippen LogP contribution in [0.3, 0.4) is 0 Å². The third kappa shape index (κ3) is 2.63. The van der Waals surface area contributed by atoms with Gasteiger partial charge in [0, 0.05) is 27.3 Å². The van der Waals surface area contributed by atoms with Gasteiger partial charge in [-0.05, 0) is 41.3 Å². The van der Waals surface area contributed by atoms with E-state index in [0.717, 1.165) is 0 Å². The number of hydrogen-bond acceptors (Lipinski definition) is 5. The van der Waals surface area contributed by atoms with E-state index >= 15 is 0 Å². The largest absolute Gasteiger partial charge is 0.872 e. The Hall–Kier alpha value is -4.12. The van der Waals surface area contributed by atoms with E-state index < -0.39 is 5.97 Å². The first-order valence-corrected chi connectivity index (χ1v) is 8.94. The van der Waals surface area contributed by atoms with E-state index in [9.17, 15) is 19.8 Å². The van der Waals surface area contributed by atoms with Crippen molar-refractivity contribution in [1.29, 1.82) is 0 Å². The molecule has 0 aliphatic rings. The highest BCUT2D eigenvalue weighted by Crippen LogP contribution is 2.40. The lowest BCUT2D eigenvalue weighted by atomic mass is 9.92. The summed E-state index contributed by atoms with van der Waals surface area (Å²) in [5.41, 5.74) is 1.84. The molecule has 0 bridgehead atoms. The van der Waals surface area contributed by atoms with Crippen molar-refractivity contribution in [2.45, 2.75) is 0 Å². The second-order valence-electron chi connectivity index (χ2n) is 6.79. The van der Waals surface area contributed by atoms with Crippen molar-refractivity contribution < 1.29 is 19.4 Å². The summed E-state index contributed by atoms with van der Waals surface area (Å²) in [5.74, 6) is -1.51. The van der Waals surface area contributed by atoms with Crippen LogP contribution in [0.15, 0.2) is 82.0 Å². The van der Waals surface area contributed by atoms with Crippen molar-refractivity contribution in [3.8, 4) is 16.9 Å². The molecule has 0 unspecified atom stereocenters. The van der Waals surface area contributed by atoms with E-state index in [-0.39, 0.29) is 16.7 Å². The Morgan fingerprint density at radius 3 is 2.41 bits per heavy atom. The molecule has 5 rings (SSSR count). The fraction of sp³-hybridized carbons (Fsp3) is 0. The minimum absolute atomic E-state index is 0.0440. The predicted molar refractivity (Wildman–Crippen MR) is 107 cm³/mol. The van der Waals surface area contributed by atoms with Gasteiger partial charge < -0.3 is 19.4 Å². The van der Waals surface area contributed by atoms with Crippen LogP contribution >= 0.6 is 0 Å². The number of benzene rings is 4. The van der Waals surface area contributed by atoms with E-state index in [4.69, 9.17) is 4.42 Å². The number of carbonyl (C=O) groups is 1. The monoisotopic (exact) mass is 380 g/mol. The van der Waals surface area contributed by atoms with Crippen LogP contribution in [0.2, 0.25) is 0 Å². The molecule has 5 aromatic rings. The van der Waals surface area contributed by atoms with Crippen LogP contribution in [-0.4, -0.2) is 5.97 Å². The van der Waals surface area contributed by atoms with Crippen molar-refractivity contribution in [2.24, 2.45) is 0 Å². The third-order valence-electron chi connectivity index (χ3n) is 5.06. The lowest BCUT2D eigenvalue weighted by Gasteiger charge is -2.17. The second-order valence-corrected chi connectivity index (χ2v) is 6.79. The quantitative estimate of drug-likeness (QED) is 0.346. The summed E-state index contributed by atoms with van der Waals surface area (Å²) >= 11 is 0. The van der Waals surface area contributed by atoms with Crippen molar-refractivity contribution in [2.75, 3.05) is 0 Å². The number of rotatable bonds is 2. The fourth-order valence-electron chi connectivity index (χ4n) is 3.80. The van der Waals surface area contributed by atoms with E-state index in [2.05, 4.69) is 0 Å². The molecule has 4 aromatic carbocycles. The summed E-state index contributed by atoms with van der Waals surface area (Å²) in [7, 11) is 0. The van der Waals surface area contributed by atoms with Gasteiger partial charge in [-0.15, -0.1) is 5.75 Å². The van der Waals surface area contributed by atoms with E-state index in [1.54, 1.807) is 42.5 Å². The van der Waals surface area contributed by atoms with Gasteiger partial charge >= 0.3 is 0 Å². The van der Waals surface area contributed by atoms with Crippen molar-refractivity contribution in [3.05, 3.63) is 88.6 Å². The molecule has 0 radical (unpaired) electrons. The van der Waals surface area contributed by atoms with Gasteiger partial charge in [0.05, 0.1) is 5.97 Å². The Labute approximate surface area is 164 Å². The van der Waals surface area contributed by atoms with Crippen LogP contribution in [0.1, 0.15) is 10.4 Å². The molecule has 0 aliphatic carbocycles. The van der Waals surface area contributed by atoms with Gasteiger partial charge in [-0.1, -0.05) is 42.5 Å². The van der Waals surface area contributed by atoms with Gasteiger partial charge in [0.1, 0.15) is 11.2 Å². The summed E-state index contributed by atoms with van der Waals surface area (Å²) in [5, 5.41) is 26.4. The molecule has 5 nitrogen and oxygen atoms in total. The molecular formula is C24H12O5-2. The van der Waals surface area contributed by atoms with Gasteiger partial charge in [0.2, 0.25) is 0 Å². The van der Waals surface area contributed by atoms with E-state index in [1.165, 1.54) is 30.3 Å². The summed E-state index contributed by atoms with van der Waals surface area (Å²) in [6.07, 6.45) is 0. The Morgan fingerprint density at radius 1 is 0.828 bits per heavy atom. The molecule has 29 heavy (non-hydrogen) atoms. The van der Waals surface area contributed by atoms with Gasteiger partial charge in [-0.2, -0.15) is 0 Å². The van der Waals surface area contributed by atoms with Crippen LogP contribution in [0.5, 0.6) is 5.75 Å². The molecule has 1 heterocycles. The van der Waals surface area contributed by atoms with Crippen LogP contribution in [-0.2, 0) is 0 Å². The normalized spacial score (nSPS) is 11.3. The molecule has 0 fully saturated rings. The number of carboxylic acids is 1. The van der Waals surface area contributed by atoms with Crippen molar-refractivity contribution >= 4 is 38.7 Å². The number of fused-ring (bicyclic) bond motifs is 4. The fourth-order valence-corrected chi connectivity index (χ4v) is 3.80. The zero-order valence-electron chi connectivity index (χ0n) is 15.0. The number of carbonyl (C=O) groups excluding carboxylic acids is 1. The van der Waals surface area contributed by atoms with E-state index in [0.29, 0.717) is 43.8 Å². The Bertz CT molecular complexity index is 1510. The third-order valence-corrected chi connectivity index (χ3v) is 5.06. The Kier molecular flexibility index (Phi) is 3.64. The second kappa shape index (κ2) is 6.21. The zero-order valence-corrected chi connectivity index (χ0v) is 15.0. The first-order valence-electron chi connectivity index (χ1n) is 8.94. The van der Waals surface area contributed by atoms with Crippen LogP contribution in [0, 0.1) is 0 Å². The summed E-state index contributed by atoms with van der Waals surface area (Å²) in [6, 6.07) is 19.2. The van der Waals surface area contributed by atoms with Gasteiger partial charge in [-0.3, -0.25) is 4.79 Å². The SMILES string of the molecule is O=C([O-])c1ccccc1-c1c2ccc([O-])cc2oc2c1ccc1cc(=O)ccc12. The summed E-state index contributed by atoms with van der Waals surface area (Å²) in [6.45, 7) is 0. The molecule has 0 amide bonds. The first kappa shape index (κ1) is 17.0. The zero-order chi connectivity index (χ0) is 20.1. The number of carboxylic acid groups (broad SMARTS) is 1. The molecule has 5 heteroatoms. The first-order chi connectivity index (χ1) is 14.0. The minimum atomic E-state index is -1.29. The maximum Gasteiger partial charge on any atom is 0.179 e. The highest BCUT2D eigenvalue weighted by atomic mass is 16.4. The van der Waals surface area contributed by atoms with Crippen LogP contribution < -0.4 is 15.6 Å². The molecule has 140 valence electrons. The number of aromatic carboxylic acids is 1. The molecule has 0 spiro atoms. The molecule has 0 saturated heterocycles. The smallest absolute Gasteiger partial charge is 0.179 e. The molecule has 1 aromatic heterocycles. The summed E-state index contributed by atoms with van der Waals surface area (Å²) < 4.78 is 6.08. The molecule has 0 aliphatic heterocycles.